The van der Waals surface area contributed by atoms with Crippen LogP contribution in [0.4, 0.5) is 13.2 Å². The number of nitrogens with zero attached hydrogens (tertiary/aromatic N) is 6. The maximum absolute atomic E-state index is 15.6. The molecule has 5 heterocycles. The lowest BCUT2D eigenvalue weighted by atomic mass is 10.0. The fraction of sp³-hybridized carbons (Fsp3) is 0.194. The Balaban J connectivity index is 1.08. The number of benzene rings is 2. The van der Waals surface area contributed by atoms with E-state index in [0.29, 0.717) is 12.3 Å². The van der Waals surface area contributed by atoms with Crippen molar-refractivity contribution in [2.75, 3.05) is 6.61 Å². The van der Waals surface area contributed by atoms with Crippen molar-refractivity contribution in [1.82, 2.24) is 29.3 Å². The van der Waals surface area contributed by atoms with E-state index in [1.54, 1.807) is 52.1 Å². The number of pyridine rings is 2. The first-order valence-corrected chi connectivity index (χ1v) is 15.3. The number of fused-ring (bicyclic) bond motifs is 1. The van der Waals surface area contributed by atoms with Gasteiger partial charge in [-0.25, -0.2) is 32.9 Å². The molecule has 246 valence electrons. The number of ether oxygens (including phenoxy) is 2. The fourth-order valence-electron chi connectivity index (χ4n) is 5.42. The molecule has 1 saturated heterocycles. The van der Waals surface area contributed by atoms with E-state index in [1.807, 2.05) is 13.1 Å². The molecule has 0 bridgehead atoms. The third-order valence-electron chi connectivity index (χ3n) is 8.05. The quantitative estimate of drug-likeness (QED) is 0.196. The van der Waals surface area contributed by atoms with Crippen LogP contribution >= 0.6 is 0 Å². The Hall–Kier alpha value is -6.00. The predicted molar refractivity (Wildman–Crippen MR) is 171 cm³/mol. The minimum absolute atomic E-state index is 0.0142. The van der Waals surface area contributed by atoms with Gasteiger partial charge in [-0.05, 0) is 54.3 Å². The molecule has 4 aromatic heterocycles. The number of rotatable bonds is 9. The van der Waals surface area contributed by atoms with Crippen molar-refractivity contribution in [3.8, 4) is 29.0 Å². The van der Waals surface area contributed by atoms with Crippen LogP contribution < -0.4 is 4.74 Å². The highest BCUT2D eigenvalue weighted by molar-refractivity contribution is 5.92. The van der Waals surface area contributed by atoms with Gasteiger partial charge < -0.3 is 19.1 Å². The van der Waals surface area contributed by atoms with Crippen LogP contribution in [0.2, 0.25) is 0 Å². The molecule has 0 saturated carbocycles. The van der Waals surface area contributed by atoms with Crippen LogP contribution in [0.3, 0.4) is 0 Å². The summed E-state index contributed by atoms with van der Waals surface area (Å²) in [5.74, 6) is 2.87. The maximum atomic E-state index is 15.6. The van der Waals surface area contributed by atoms with Crippen LogP contribution in [-0.4, -0.2) is 53.1 Å². The topological polar surface area (TPSA) is 117 Å². The van der Waals surface area contributed by atoms with Crippen LogP contribution in [0.25, 0.3) is 22.3 Å². The van der Waals surface area contributed by atoms with Crippen molar-refractivity contribution in [2.24, 2.45) is 7.05 Å². The van der Waals surface area contributed by atoms with Crippen molar-refractivity contribution in [3.63, 3.8) is 0 Å². The minimum atomic E-state index is -1.30. The number of hydrogen-bond donors (Lipinski definition) is 1. The van der Waals surface area contributed by atoms with Crippen molar-refractivity contribution < 1.29 is 32.5 Å². The summed E-state index contributed by atoms with van der Waals surface area (Å²) in [5, 5.41) is 13.5. The van der Waals surface area contributed by atoms with E-state index in [4.69, 9.17) is 9.47 Å². The first-order valence-electron chi connectivity index (χ1n) is 15.3. The zero-order valence-electron chi connectivity index (χ0n) is 26.0. The molecule has 13 heteroatoms. The summed E-state index contributed by atoms with van der Waals surface area (Å²) < 4.78 is 60.7. The zero-order chi connectivity index (χ0) is 34.1. The molecular formula is C36H27F3N6O4. The van der Waals surface area contributed by atoms with E-state index in [-0.39, 0.29) is 70.8 Å². The van der Waals surface area contributed by atoms with E-state index in [1.165, 1.54) is 6.07 Å². The molecule has 1 atom stereocenters. The van der Waals surface area contributed by atoms with Crippen molar-refractivity contribution >= 4 is 17.0 Å². The summed E-state index contributed by atoms with van der Waals surface area (Å²) in [6.07, 6.45) is 5.49. The minimum Gasteiger partial charge on any atom is -0.478 e. The van der Waals surface area contributed by atoms with Gasteiger partial charge in [0.15, 0.2) is 5.82 Å². The Morgan fingerprint density at radius 2 is 1.90 bits per heavy atom. The highest BCUT2D eigenvalue weighted by Crippen LogP contribution is 2.30. The molecule has 1 aliphatic heterocycles. The molecule has 1 fully saturated rings. The summed E-state index contributed by atoms with van der Waals surface area (Å²) in [6.45, 7) is 0.960. The molecule has 0 radical (unpaired) electrons. The molecule has 49 heavy (non-hydrogen) atoms. The summed E-state index contributed by atoms with van der Waals surface area (Å²) in [6, 6.07) is 12.7. The van der Waals surface area contributed by atoms with Gasteiger partial charge in [0.05, 0.1) is 41.2 Å². The molecule has 0 spiro atoms. The smallest absolute Gasteiger partial charge is 0.335 e. The van der Waals surface area contributed by atoms with Gasteiger partial charge >= 0.3 is 5.97 Å². The number of imidazole rings is 1. The maximum Gasteiger partial charge on any atom is 0.335 e. The van der Waals surface area contributed by atoms with E-state index < -0.39 is 23.4 Å². The van der Waals surface area contributed by atoms with Crippen LogP contribution in [0.1, 0.15) is 45.0 Å². The molecule has 7 rings (SSSR count). The van der Waals surface area contributed by atoms with Gasteiger partial charge in [-0.1, -0.05) is 18.1 Å². The molecule has 10 nitrogen and oxygen atoms in total. The second-order valence-corrected chi connectivity index (χ2v) is 11.5. The van der Waals surface area contributed by atoms with Gasteiger partial charge in [-0.15, -0.1) is 0 Å². The third kappa shape index (κ3) is 6.86. The normalized spacial score (nSPS) is 13.9. The Bertz CT molecular complexity index is 2270. The van der Waals surface area contributed by atoms with E-state index in [0.717, 1.165) is 35.7 Å². The third-order valence-corrected chi connectivity index (χ3v) is 8.05. The summed E-state index contributed by atoms with van der Waals surface area (Å²) in [5.41, 5.74) is 2.13. The molecule has 1 N–H and O–H groups in total. The summed E-state index contributed by atoms with van der Waals surface area (Å²) >= 11 is 0. The van der Waals surface area contributed by atoms with Crippen molar-refractivity contribution in [1.29, 1.82) is 0 Å². The second-order valence-electron chi connectivity index (χ2n) is 11.5. The Morgan fingerprint density at radius 3 is 2.61 bits per heavy atom. The van der Waals surface area contributed by atoms with Gasteiger partial charge in [0.2, 0.25) is 5.88 Å². The lowest BCUT2D eigenvalue weighted by Gasteiger charge is -2.27. The number of hydrogen-bond acceptors (Lipinski definition) is 7. The van der Waals surface area contributed by atoms with Gasteiger partial charge in [0.1, 0.15) is 35.3 Å². The molecule has 1 aliphatic rings. The first kappa shape index (κ1) is 31.6. The monoisotopic (exact) mass is 664 g/mol. The average Bonchev–Trinajstić information content (AvgIpc) is 3.65. The summed E-state index contributed by atoms with van der Waals surface area (Å²) in [7, 11) is 1.81. The van der Waals surface area contributed by atoms with Gasteiger partial charge in [-0.2, -0.15) is 5.10 Å². The van der Waals surface area contributed by atoms with Gasteiger partial charge in [0.25, 0.3) is 0 Å². The largest absolute Gasteiger partial charge is 0.478 e. The zero-order valence-corrected chi connectivity index (χ0v) is 26.0. The number of aromatic carboxylic acids is 1. The first-order chi connectivity index (χ1) is 23.7. The molecule has 0 unspecified atom stereocenters. The Labute approximate surface area is 277 Å². The van der Waals surface area contributed by atoms with E-state index >= 15 is 8.78 Å². The Kier molecular flexibility index (Phi) is 8.54. The molecular weight excluding hydrogens is 637 g/mol. The molecule has 6 aromatic rings. The SMILES string of the molecule is Cn1cc(C#Cc2ccc(COc3cccc(-c4cc(F)c(Cc5nc6c(F)cc(C(=O)O)cc6n5C[C@@H]5CCO5)cc4F)n3)cn2)cn1. The predicted octanol–water partition coefficient (Wildman–Crippen LogP) is 5.70. The summed E-state index contributed by atoms with van der Waals surface area (Å²) in [4.78, 5) is 24.7. The van der Waals surface area contributed by atoms with Gasteiger partial charge in [-0.3, -0.25) is 4.68 Å². The van der Waals surface area contributed by atoms with Crippen LogP contribution in [0.15, 0.2) is 73.2 Å². The molecule has 0 amide bonds. The molecule has 0 aliphatic carbocycles. The standard InChI is InChI=1S/C36H27F3N6O4/c1-44-18-21(17-41-44)5-7-25-8-6-22(16-40-25)20-49-34-4-2-3-31(42-34)27-15-28(37)23(11-29(27)38)14-33-43-35-30(39)12-24(36(46)47)13-32(35)45(33)19-26-9-10-48-26/h2-4,6,8,11-13,15-18,26H,9-10,14,19-20H2,1H3,(H,46,47)/t26-/m0/s1. The van der Waals surface area contributed by atoms with Crippen LogP contribution in [-0.2, 0) is 31.4 Å². The number of aryl methyl sites for hydroxylation is 1. The van der Waals surface area contributed by atoms with Crippen LogP contribution in [0.5, 0.6) is 5.88 Å². The highest BCUT2D eigenvalue weighted by Gasteiger charge is 2.25. The number of carbonyl (C=O) groups is 1. The second kappa shape index (κ2) is 13.2. The van der Waals surface area contributed by atoms with E-state index in [9.17, 15) is 14.3 Å². The van der Waals surface area contributed by atoms with Crippen molar-refractivity contribution in [2.45, 2.75) is 32.1 Å². The number of aromatic nitrogens is 6. The van der Waals surface area contributed by atoms with Crippen molar-refractivity contribution in [3.05, 3.63) is 124 Å². The van der Waals surface area contributed by atoms with E-state index in [2.05, 4.69) is 31.9 Å². The lowest BCUT2D eigenvalue weighted by molar-refractivity contribution is -0.0589. The number of halogens is 3. The van der Waals surface area contributed by atoms with Gasteiger partial charge in [0, 0.05) is 49.7 Å². The Morgan fingerprint density at radius 1 is 1.04 bits per heavy atom. The van der Waals surface area contributed by atoms with Crippen LogP contribution in [0, 0.1) is 29.3 Å². The number of carboxylic acids is 1. The molecule has 2 aromatic carbocycles. The highest BCUT2D eigenvalue weighted by atomic mass is 19.1. The average molecular weight is 665 g/mol. The lowest BCUT2D eigenvalue weighted by Crippen LogP contribution is -2.31. The fourth-order valence-corrected chi connectivity index (χ4v) is 5.42. The number of carboxylic acid groups (broad SMARTS) is 1.